The van der Waals surface area contributed by atoms with Gasteiger partial charge in [0.15, 0.2) is 0 Å². The fourth-order valence-electron chi connectivity index (χ4n) is 7.29. The third-order valence-corrected chi connectivity index (χ3v) is 9.31. The van der Waals surface area contributed by atoms with Crippen LogP contribution in [0.4, 0.5) is 21.0 Å². The number of carbonyl (C=O) groups is 4. The molecule has 1 aliphatic rings. The molecule has 48 heavy (non-hydrogen) atoms. The Hall–Kier alpha value is -5.50. The van der Waals surface area contributed by atoms with Crippen LogP contribution in [0, 0.1) is 0 Å². The first-order valence-electron chi connectivity index (χ1n) is 16.4. The maximum atomic E-state index is 15.2. The van der Waals surface area contributed by atoms with Crippen molar-refractivity contribution in [1.29, 1.82) is 0 Å². The lowest BCUT2D eigenvalue weighted by molar-refractivity contribution is 0.0893. The first-order valence-corrected chi connectivity index (χ1v) is 16.4. The molecule has 1 heterocycles. The summed E-state index contributed by atoms with van der Waals surface area (Å²) in [6.07, 6.45) is -1.96. The molecular weight excluding hydrogens is 604 g/mol. The van der Waals surface area contributed by atoms with E-state index in [1.54, 1.807) is 26.0 Å². The van der Waals surface area contributed by atoms with Crippen molar-refractivity contribution in [2.75, 3.05) is 23.0 Å². The molecule has 0 atom stereocenters. The first-order chi connectivity index (χ1) is 23.1. The molecule has 6 aromatic carbocycles. The van der Waals surface area contributed by atoms with E-state index in [2.05, 4.69) is 0 Å². The Kier molecular flexibility index (Phi) is 7.54. The van der Waals surface area contributed by atoms with E-state index in [0.29, 0.717) is 27.4 Å². The molecular formula is C40H36N2O6. The molecule has 0 fully saturated rings. The summed E-state index contributed by atoms with van der Waals surface area (Å²) in [6.45, 7) is 11.3. The highest BCUT2D eigenvalue weighted by Gasteiger charge is 2.42. The Balaban J connectivity index is 1.67. The first kappa shape index (κ1) is 31.1. The molecule has 0 N–H and O–H groups in total. The predicted octanol–water partition coefficient (Wildman–Crippen LogP) is 9.90. The number of imide groups is 2. The summed E-state index contributed by atoms with van der Waals surface area (Å²) in [5.74, 6) is -1.11. The van der Waals surface area contributed by atoms with Gasteiger partial charge in [0.1, 0.15) is 0 Å². The smallest absolute Gasteiger partial charge is 0.424 e. The van der Waals surface area contributed by atoms with E-state index in [-0.39, 0.29) is 36.3 Å². The van der Waals surface area contributed by atoms with Crippen LogP contribution >= 0.6 is 0 Å². The third-order valence-electron chi connectivity index (χ3n) is 9.31. The lowest BCUT2D eigenvalue weighted by Crippen LogP contribution is -2.44. The molecule has 0 saturated carbocycles. The van der Waals surface area contributed by atoms with E-state index in [9.17, 15) is 14.4 Å². The van der Waals surface area contributed by atoms with Crippen molar-refractivity contribution in [2.24, 2.45) is 0 Å². The lowest BCUT2D eigenvalue weighted by atomic mass is 9.83. The van der Waals surface area contributed by atoms with Gasteiger partial charge in [-0.3, -0.25) is 9.59 Å². The monoisotopic (exact) mass is 640 g/mol. The molecule has 0 aliphatic carbocycles. The average molecular weight is 641 g/mol. The number of carbonyl (C=O) groups excluding carboxylic acids is 4. The minimum absolute atomic E-state index is 0.000177. The molecule has 0 spiro atoms. The van der Waals surface area contributed by atoms with E-state index >= 15 is 4.79 Å². The average Bonchev–Trinajstić information content (AvgIpc) is 3.06. The van der Waals surface area contributed by atoms with Crippen molar-refractivity contribution in [2.45, 2.75) is 53.4 Å². The number of para-hydroxylation sites is 1. The number of fused-ring (bicyclic) bond motifs is 2. The van der Waals surface area contributed by atoms with E-state index < -0.39 is 24.0 Å². The minimum atomic E-state index is -0.979. The lowest BCUT2D eigenvalue weighted by Gasteiger charge is -2.34. The molecule has 0 bridgehead atoms. The SMILES string of the molecule is CCOC(=O)N(C(=O)OCC)c1cc2c3cccc4cccc(c5ccc6c(c1C(=O)N(c1c(C(C)C)cccc1C(C)C)C6=O)c52)c43. The van der Waals surface area contributed by atoms with Crippen molar-refractivity contribution in [3.05, 3.63) is 95.1 Å². The number of hydrogen-bond acceptors (Lipinski definition) is 6. The second-order valence-corrected chi connectivity index (χ2v) is 12.7. The Labute approximate surface area is 278 Å². The zero-order chi connectivity index (χ0) is 34.0. The second kappa shape index (κ2) is 11.6. The van der Waals surface area contributed by atoms with Gasteiger partial charge in [0.2, 0.25) is 0 Å². The molecule has 4 amide bonds. The summed E-state index contributed by atoms with van der Waals surface area (Å²) in [5, 5.41) is 6.52. The van der Waals surface area contributed by atoms with Gasteiger partial charge in [-0.05, 0) is 86.6 Å². The molecule has 8 heteroatoms. The normalized spacial score (nSPS) is 13.1. The maximum absolute atomic E-state index is 15.2. The maximum Gasteiger partial charge on any atom is 0.424 e. The third kappa shape index (κ3) is 4.43. The van der Waals surface area contributed by atoms with Crippen LogP contribution in [0.15, 0.2) is 72.8 Å². The molecule has 0 radical (unpaired) electrons. The van der Waals surface area contributed by atoms with Gasteiger partial charge in [0.25, 0.3) is 11.8 Å². The van der Waals surface area contributed by atoms with Crippen LogP contribution in [0.25, 0.3) is 43.1 Å². The Morgan fingerprint density at radius 1 is 0.667 bits per heavy atom. The highest BCUT2D eigenvalue weighted by Crippen LogP contribution is 2.49. The van der Waals surface area contributed by atoms with Gasteiger partial charge in [0, 0.05) is 10.9 Å². The van der Waals surface area contributed by atoms with Crippen molar-refractivity contribution < 1.29 is 28.7 Å². The standard InChI is InChI=1S/C40H36N2O6/c1-7-47-39(45)41(40(46)48-8-2)31-20-30-27-17-10-13-23-12-9-16-26(32(23)27)28-18-19-29-34(33(28)30)35(31)38(44)42(37(29)43)36-24(21(3)4)14-11-15-25(36)22(5)6/h9-22H,7-8H2,1-6H3. The number of rotatable bonds is 6. The summed E-state index contributed by atoms with van der Waals surface area (Å²) in [5.41, 5.74) is 2.57. The Morgan fingerprint density at radius 2 is 1.21 bits per heavy atom. The summed E-state index contributed by atoms with van der Waals surface area (Å²) >= 11 is 0. The van der Waals surface area contributed by atoms with Crippen LogP contribution in [0.1, 0.15) is 85.2 Å². The molecule has 6 aromatic rings. The van der Waals surface area contributed by atoms with Gasteiger partial charge < -0.3 is 9.47 Å². The van der Waals surface area contributed by atoms with Crippen molar-refractivity contribution in [1.82, 2.24) is 0 Å². The van der Waals surface area contributed by atoms with E-state index in [1.807, 2.05) is 88.4 Å². The topological polar surface area (TPSA) is 93.2 Å². The highest BCUT2D eigenvalue weighted by atomic mass is 16.6. The van der Waals surface area contributed by atoms with Gasteiger partial charge in [-0.1, -0.05) is 88.4 Å². The summed E-state index contributed by atoms with van der Waals surface area (Å²) in [4.78, 5) is 59.3. The zero-order valence-electron chi connectivity index (χ0n) is 27.8. The van der Waals surface area contributed by atoms with Crippen LogP contribution < -0.4 is 9.80 Å². The van der Waals surface area contributed by atoms with Crippen LogP contribution in [-0.2, 0) is 9.47 Å². The number of anilines is 2. The van der Waals surface area contributed by atoms with E-state index in [1.165, 1.54) is 4.90 Å². The molecule has 0 aromatic heterocycles. The van der Waals surface area contributed by atoms with E-state index in [0.717, 1.165) is 43.0 Å². The van der Waals surface area contributed by atoms with Crippen molar-refractivity contribution in [3.63, 3.8) is 0 Å². The van der Waals surface area contributed by atoms with Crippen LogP contribution in [0.3, 0.4) is 0 Å². The summed E-state index contributed by atoms with van der Waals surface area (Å²) in [6, 6.07) is 23.2. The van der Waals surface area contributed by atoms with Crippen LogP contribution in [-0.4, -0.2) is 37.2 Å². The Morgan fingerprint density at radius 3 is 1.77 bits per heavy atom. The van der Waals surface area contributed by atoms with Crippen molar-refractivity contribution >= 4 is 78.5 Å². The number of amides is 4. The minimum Gasteiger partial charge on any atom is -0.449 e. The fraction of sp³-hybridized carbons (Fsp3) is 0.250. The second-order valence-electron chi connectivity index (χ2n) is 12.7. The fourth-order valence-corrected chi connectivity index (χ4v) is 7.29. The summed E-state index contributed by atoms with van der Waals surface area (Å²) in [7, 11) is 0. The van der Waals surface area contributed by atoms with Gasteiger partial charge >= 0.3 is 12.2 Å². The number of nitrogens with zero attached hydrogens (tertiary/aromatic N) is 2. The molecule has 0 saturated heterocycles. The summed E-state index contributed by atoms with van der Waals surface area (Å²) < 4.78 is 10.7. The molecule has 7 rings (SSSR count). The van der Waals surface area contributed by atoms with Gasteiger partial charge in [0.05, 0.1) is 30.2 Å². The number of benzene rings is 6. The quantitative estimate of drug-likeness (QED) is 0.102. The molecule has 0 unspecified atom stereocenters. The zero-order valence-corrected chi connectivity index (χ0v) is 27.8. The van der Waals surface area contributed by atoms with Gasteiger partial charge in [-0.2, -0.15) is 4.90 Å². The largest absolute Gasteiger partial charge is 0.449 e. The van der Waals surface area contributed by atoms with Gasteiger partial charge in [-0.25, -0.2) is 14.5 Å². The Bertz CT molecular complexity index is 2270. The van der Waals surface area contributed by atoms with Crippen molar-refractivity contribution in [3.8, 4) is 0 Å². The van der Waals surface area contributed by atoms with Crippen LogP contribution in [0.2, 0.25) is 0 Å². The van der Waals surface area contributed by atoms with Gasteiger partial charge in [-0.15, -0.1) is 0 Å². The highest BCUT2D eigenvalue weighted by molar-refractivity contribution is 6.44. The van der Waals surface area contributed by atoms with Crippen LogP contribution in [0.5, 0.6) is 0 Å². The predicted molar refractivity (Wildman–Crippen MR) is 190 cm³/mol. The molecule has 242 valence electrons. The molecule has 8 nitrogen and oxygen atoms in total. The van der Waals surface area contributed by atoms with E-state index in [4.69, 9.17) is 9.47 Å². The number of hydrogen-bond donors (Lipinski definition) is 0. The molecule has 1 aliphatic heterocycles. The number of ether oxygens (including phenoxy) is 2.